The fourth-order valence-electron chi connectivity index (χ4n) is 6.95. The average Bonchev–Trinajstić information content (AvgIpc) is 3.73. The molecule has 5 rings (SSSR count). The molecular formula is C35H48F3N3O3. The lowest BCUT2D eigenvalue weighted by molar-refractivity contribution is -0.137. The zero-order valence-electron chi connectivity index (χ0n) is 27.0. The number of piperidine rings is 1. The van der Waals surface area contributed by atoms with Gasteiger partial charge < -0.3 is 14.4 Å². The van der Waals surface area contributed by atoms with Crippen molar-refractivity contribution in [2.45, 2.75) is 90.4 Å². The highest BCUT2D eigenvalue weighted by Crippen LogP contribution is 2.46. The van der Waals surface area contributed by atoms with Crippen LogP contribution in [0, 0.1) is 11.3 Å². The van der Waals surface area contributed by atoms with Gasteiger partial charge in [0.05, 0.1) is 18.2 Å². The van der Waals surface area contributed by atoms with Crippen LogP contribution in [0.3, 0.4) is 0 Å². The number of hydrogen-bond acceptors (Lipinski definition) is 5. The summed E-state index contributed by atoms with van der Waals surface area (Å²) in [5.41, 5.74) is 0.436. The molecule has 44 heavy (non-hydrogen) atoms. The molecule has 0 bridgehead atoms. The van der Waals surface area contributed by atoms with Crippen molar-refractivity contribution in [3.8, 4) is 0 Å². The molecule has 3 aliphatic heterocycles. The Balaban J connectivity index is 1.31. The molecule has 0 aliphatic carbocycles. The number of amides is 1. The SMILES string of the molecule is CC(C)(C)OC(=O)N1CCC(CC2(N3CCN(C(c4ccccc4)c4ccc(C(F)(F)F)cc4)C[C@@H]3C(C)(C)C)CO2)CC1. The zero-order chi connectivity index (χ0) is 31.9. The first-order valence-electron chi connectivity index (χ1n) is 15.9. The molecular weight excluding hydrogens is 567 g/mol. The normalized spacial score (nSPS) is 25.1. The highest BCUT2D eigenvalue weighted by molar-refractivity contribution is 5.68. The molecule has 242 valence electrons. The second kappa shape index (κ2) is 12.3. The molecule has 0 radical (unpaired) electrons. The van der Waals surface area contributed by atoms with Gasteiger partial charge in [-0.05, 0) is 74.6 Å². The van der Waals surface area contributed by atoms with Crippen molar-refractivity contribution in [1.82, 2.24) is 14.7 Å². The Labute approximate surface area is 260 Å². The highest BCUT2D eigenvalue weighted by Gasteiger charge is 2.56. The van der Waals surface area contributed by atoms with Crippen molar-refractivity contribution in [2.75, 3.05) is 39.3 Å². The Hall–Kier alpha value is -2.62. The number of benzene rings is 2. The van der Waals surface area contributed by atoms with E-state index in [1.54, 1.807) is 12.1 Å². The average molecular weight is 616 g/mol. The number of rotatable bonds is 6. The molecule has 0 saturated carbocycles. The number of ether oxygens (including phenoxy) is 2. The molecule has 3 fully saturated rings. The van der Waals surface area contributed by atoms with Crippen LogP contribution in [0.5, 0.6) is 0 Å². The van der Waals surface area contributed by atoms with Crippen molar-refractivity contribution in [2.24, 2.45) is 11.3 Å². The molecule has 9 heteroatoms. The minimum Gasteiger partial charge on any atom is -0.444 e. The van der Waals surface area contributed by atoms with E-state index >= 15 is 0 Å². The van der Waals surface area contributed by atoms with Crippen LogP contribution in [0.25, 0.3) is 0 Å². The van der Waals surface area contributed by atoms with Gasteiger partial charge in [-0.25, -0.2) is 4.79 Å². The molecule has 6 nitrogen and oxygen atoms in total. The van der Waals surface area contributed by atoms with E-state index in [0.29, 0.717) is 25.6 Å². The molecule has 2 aromatic rings. The standard InChI is InChI=1S/C35H48F3N3O3/c1-32(2,3)29-23-40(30(26-10-8-7-9-11-26)27-12-14-28(15-13-27)35(36,37)38)20-21-41(29)34(24-43-34)22-25-16-18-39(19-17-25)31(42)44-33(4,5)6/h7-15,25,29-30H,16-24H2,1-6H3/t29-,30?,34?/m1/s1. The van der Waals surface area contributed by atoms with Gasteiger partial charge in [-0.15, -0.1) is 0 Å². The number of hydrogen-bond donors (Lipinski definition) is 0. The van der Waals surface area contributed by atoms with Crippen LogP contribution in [0.2, 0.25) is 0 Å². The van der Waals surface area contributed by atoms with Gasteiger partial charge in [-0.2, -0.15) is 13.2 Å². The van der Waals surface area contributed by atoms with Crippen LogP contribution >= 0.6 is 0 Å². The maximum absolute atomic E-state index is 13.4. The van der Waals surface area contributed by atoms with Crippen molar-refractivity contribution in [3.63, 3.8) is 0 Å². The van der Waals surface area contributed by atoms with E-state index in [-0.39, 0.29) is 29.3 Å². The number of piperazine rings is 1. The predicted octanol–water partition coefficient (Wildman–Crippen LogP) is 7.59. The third-order valence-corrected chi connectivity index (χ3v) is 9.32. The van der Waals surface area contributed by atoms with Gasteiger partial charge in [0, 0.05) is 38.8 Å². The van der Waals surface area contributed by atoms with Crippen LogP contribution in [-0.4, -0.2) is 77.5 Å². The smallest absolute Gasteiger partial charge is 0.416 e. The van der Waals surface area contributed by atoms with Crippen LogP contribution < -0.4 is 0 Å². The third-order valence-electron chi connectivity index (χ3n) is 9.32. The fraction of sp³-hybridized carbons (Fsp3) is 0.629. The van der Waals surface area contributed by atoms with Gasteiger partial charge in [0.2, 0.25) is 0 Å². The Morgan fingerprint density at radius 2 is 1.50 bits per heavy atom. The topological polar surface area (TPSA) is 48.6 Å². The summed E-state index contributed by atoms with van der Waals surface area (Å²) in [7, 11) is 0. The summed E-state index contributed by atoms with van der Waals surface area (Å²) in [4.78, 5) is 19.4. The van der Waals surface area contributed by atoms with Gasteiger partial charge in [-0.1, -0.05) is 63.2 Å². The van der Waals surface area contributed by atoms with Crippen LogP contribution in [0.4, 0.5) is 18.0 Å². The minimum absolute atomic E-state index is 0.0565. The summed E-state index contributed by atoms with van der Waals surface area (Å²) in [6.45, 7) is 16.9. The van der Waals surface area contributed by atoms with E-state index in [1.165, 1.54) is 12.1 Å². The Morgan fingerprint density at radius 1 is 0.909 bits per heavy atom. The number of carbonyl (C=O) groups excluding carboxylic acids is 1. The number of epoxide rings is 1. The van der Waals surface area contributed by atoms with E-state index < -0.39 is 17.3 Å². The van der Waals surface area contributed by atoms with Crippen LogP contribution in [0.1, 0.15) is 83.5 Å². The Morgan fingerprint density at radius 3 is 2.02 bits per heavy atom. The largest absolute Gasteiger partial charge is 0.444 e. The van der Waals surface area contributed by atoms with E-state index in [4.69, 9.17) is 9.47 Å². The number of carbonyl (C=O) groups is 1. The van der Waals surface area contributed by atoms with E-state index in [0.717, 1.165) is 50.0 Å². The van der Waals surface area contributed by atoms with Crippen molar-refractivity contribution in [3.05, 3.63) is 71.3 Å². The summed E-state index contributed by atoms with van der Waals surface area (Å²) in [5.74, 6) is 0.457. The second-order valence-electron chi connectivity index (χ2n) is 14.9. The molecule has 3 aliphatic rings. The second-order valence-corrected chi connectivity index (χ2v) is 14.9. The van der Waals surface area contributed by atoms with Crippen LogP contribution in [0.15, 0.2) is 54.6 Å². The summed E-state index contributed by atoms with van der Waals surface area (Å²) in [5, 5.41) is 0. The molecule has 0 aromatic heterocycles. The molecule has 3 atom stereocenters. The van der Waals surface area contributed by atoms with Crippen LogP contribution in [-0.2, 0) is 15.7 Å². The summed E-state index contributed by atoms with van der Waals surface area (Å²) in [6, 6.07) is 15.8. The van der Waals surface area contributed by atoms with Gasteiger partial charge in [0.25, 0.3) is 0 Å². The summed E-state index contributed by atoms with van der Waals surface area (Å²) < 4.78 is 52.0. The molecule has 0 spiro atoms. The Bertz CT molecular complexity index is 1260. The maximum Gasteiger partial charge on any atom is 0.416 e. The van der Waals surface area contributed by atoms with Gasteiger partial charge in [0.1, 0.15) is 11.3 Å². The highest BCUT2D eigenvalue weighted by atomic mass is 19.4. The maximum atomic E-state index is 13.4. The molecule has 2 unspecified atom stereocenters. The van der Waals surface area contributed by atoms with E-state index in [2.05, 4.69) is 42.7 Å². The van der Waals surface area contributed by atoms with E-state index in [1.807, 2.05) is 43.9 Å². The zero-order valence-corrected chi connectivity index (χ0v) is 27.0. The number of halogens is 3. The number of alkyl halides is 3. The molecule has 1 amide bonds. The van der Waals surface area contributed by atoms with Gasteiger partial charge in [0.15, 0.2) is 0 Å². The lowest BCUT2D eigenvalue weighted by Gasteiger charge is -2.52. The minimum atomic E-state index is -4.37. The summed E-state index contributed by atoms with van der Waals surface area (Å²) >= 11 is 0. The first kappa shape index (κ1) is 32.8. The Kier molecular flexibility index (Phi) is 9.15. The first-order chi connectivity index (χ1) is 20.6. The molecule has 2 aromatic carbocycles. The molecule has 0 N–H and O–H groups in total. The summed E-state index contributed by atoms with van der Waals surface area (Å²) in [6.07, 6.45) is -1.82. The lowest BCUT2D eigenvalue weighted by Crippen LogP contribution is -2.63. The molecule has 3 heterocycles. The monoisotopic (exact) mass is 615 g/mol. The predicted molar refractivity (Wildman–Crippen MR) is 165 cm³/mol. The first-order valence-corrected chi connectivity index (χ1v) is 15.9. The van der Waals surface area contributed by atoms with Gasteiger partial charge in [-0.3, -0.25) is 9.80 Å². The van der Waals surface area contributed by atoms with Crippen molar-refractivity contribution in [1.29, 1.82) is 0 Å². The quantitative estimate of drug-likeness (QED) is 0.314. The number of likely N-dealkylation sites (tertiary alicyclic amines) is 1. The van der Waals surface area contributed by atoms with Crippen molar-refractivity contribution < 1.29 is 27.4 Å². The van der Waals surface area contributed by atoms with E-state index in [9.17, 15) is 18.0 Å². The lowest BCUT2D eigenvalue weighted by atomic mass is 9.81. The fourth-order valence-corrected chi connectivity index (χ4v) is 6.95. The van der Waals surface area contributed by atoms with Gasteiger partial charge >= 0.3 is 12.3 Å². The number of nitrogens with zero attached hydrogens (tertiary/aromatic N) is 3. The third kappa shape index (κ3) is 7.60. The van der Waals surface area contributed by atoms with Crippen molar-refractivity contribution >= 4 is 6.09 Å². The molecule has 3 saturated heterocycles.